The van der Waals surface area contributed by atoms with Crippen molar-refractivity contribution in [3.63, 3.8) is 0 Å². The number of oxazole rings is 1. The molecule has 11 heteroatoms. The normalized spacial score (nSPS) is 14.7. The van der Waals surface area contributed by atoms with Crippen molar-refractivity contribution in [2.75, 3.05) is 13.1 Å². The first-order valence-electron chi connectivity index (χ1n) is 10.4. The largest absolute Gasteiger partial charge is 0.440 e. The van der Waals surface area contributed by atoms with Gasteiger partial charge in [0.2, 0.25) is 0 Å². The molecule has 0 radical (unpaired) electrons. The Labute approximate surface area is 192 Å². The van der Waals surface area contributed by atoms with Gasteiger partial charge in [0.15, 0.2) is 17.2 Å². The first-order chi connectivity index (χ1) is 15.9. The Morgan fingerprint density at radius 2 is 2.00 bits per heavy atom. The molecule has 1 fully saturated rings. The molecule has 1 aliphatic heterocycles. The molecule has 168 valence electrons. The molecular weight excluding hydrogens is 448 g/mol. The fourth-order valence-electron chi connectivity index (χ4n) is 4.08. The smallest absolute Gasteiger partial charge is 0.276 e. The average molecular weight is 467 g/mol. The Balaban J connectivity index is 1.30. The summed E-state index contributed by atoms with van der Waals surface area (Å²) in [5.74, 6) is 0.556. The zero-order valence-electron chi connectivity index (χ0n) is 17.6. The predicted molar refractivity (Wildman–Crippen MR) is 120 cm³/mol. The van der Waals surface area contributed by atoms with E-state index >= 15 is 0 Å². The first kappa shape index (κ1) is 21.1. The van der Waals surface area contributed by atoms with Crippen LogP contribution in [0.25, 0.3) is 16.8 Å². The molecule has 0 N–H and O–H groups in total. The van der Waals surface area contributed by atoms with Crippen LogP contribution in [-0.2, 0) is 0 Å². The fraction of sp³-hybridized carbons (Fsp3) is 0.273. The van der Waals surface area contributed by atoms with Gasteiger partial charge >= 0.3 is 0 Å². The summed E-state index contributed by atoms with van der Waals surface area (Å²) in [6.07, 6.45) is 1.43. The van der Waals surface area contributed by atoms with Crippen LogP contribution in [0.1, 0.15) is 40.8 Å². The van der Waals surface area contributed by atoms with Crippen LogP contribution in [0.15, 0.2) is 46.9 Å². The fourth-order valence-corrected chi connectivity index (χ4v) is 4.25. The maximum atomic E-state index is 13.1. The number of carbonyl (C=O) groups is 1. The number of rotatable bonds is 4. The Morgan fingerprint density at radius 3 is 2.76 bits per heavy atom. The van der Waals surface area contributed by atoms with E-state index in [0.717, 1.165) is 5.52 Å². The van der Waals surface area contributed by atoms with Crippen molar-refractivity contribution in [2.45, 2.75) is 25.7 Å². The molecule has 0 unspecified atom stereocenters. The summed E-state index contributed by atoms with van der Waals surface area (Å²) in [5.41, 5.74) is 2.60. The summed E-state index contributed by atoms with van der Waals surface area (Å²) >= 11 is 6.03. The lowest BCUT2D eigenvalue weighted by atomic mass is 9.96. The molecule has 1 saturated heterocycles. The Morgan fingerprint density at radius 1 is 1.21 bits per heavy atom. The number of fused-ring (bicyclic) bond motifs is 1. The Kier molecular flexibility index (Phi) is 5.29. The number of carbonyl (C=O) groups excluding carboxylic acids is 1. The van der Waals surface area contributed by atoms with Gasteiger partial charge in [-0.15, -0.1) is 5.10 Å². The minimum absolute atomic E-state index is 0.0567. The van der Waals surface area contributed by atoms with Gasteiger partial charge in [-0.2, -0.15) is 0 Å². The second-order valence-electron chi connectivity index (χ2n) is 7.94. The van der Waals surface area contributed by atoms with Gasteiger partial charge in [-0.3, -0.25) is 14.9 Å². The molecule has 3 heterocycles. The van der Waals surface area contributed by atoms with E-state index in [4.69, 9.17) is 16.0 Å². The van der Waals surface area contributed by atoms with E-state index in [-0.39, 0.29) is 23.2 Å². The van der Waals surface area contributed by atoms with Gasteiger partial charge in [0.1, 0.15) is 5.52 Å². The van der Waals surface area contributed by atoms with Crippen molar-refractivity contribution in [3.05, 3.63) is 74.9 Å². The number of likely N-dealkylation sites (tertiary alicyclic amines) is 1. The Bertz CT molecular complexity index is 1370. The number of halogens is 1. The molecule has 0 spiro atoms. The van der Waals surface area contributed by atoms with Crippen molar-refractivity contribution >= 4 is 34.3 Å². The van der Waals surface area contributed by atoms with Gasteiger partial charge in [0.05, 0.1) is 16.3 Å². The van der Waals surface area contributed by atoms with E-state index in [0.29, 0.717) is 53.8 Å². The maximum Gasteiger partial charge on any atom is 0.276 e. The minimum Gasteiger partial charge on any atom is -0.440 e. The quantitative estimate of drug-likeness (QED) is 0.324. The van der Waals surface area contributed by atoms with Crippen LogP contribution in [0.5, 0.6) is 0 Å². The number of non-ortho nitro benzene ring substituents is 1. The summed E-state index contributed by atoms with van der Waals surface area (Å²) in [5, 5.41) is 19.8. The van der Waals surface area contributed by atoms with Crippen LogP contribution in [0.3, 0.4) is 0 Å². The lowest BCUT2D eigenvalue weighted by Gasteiger charge is -2.30. The third-order valence-corrected chi connectivity index (χ3v) is 6.11. The summed E-state index contributed by atoms with van der Waals surface area (Å²) in [6, 6.07) is 11.4. The molecule has 0 saturated carbocycles. The zero-order valence-corrected chi connectivity index (χ0v) is 18.4. The molecule has 0 bridgehead atoms. The molecule has 5 rings (SSSR count). The number of benzene rings is 2. The van der Waals surface area contributed by atoms with Crippen molar-refractivity contribution in [3.8, 4) is 5.69 Å². The van der Waals surface area contributed by atoms with E-state index in [9.17, 15) is 14.9 Å². The van der Waals surface area contributed by atoms with Crippen LogP contribution in [0.2, 0.25) is 5.02 Å². The van der Waals surface area contributed by atoms with Gasteiger partial charge in [-0.25, -0.2) is 9.67 Å². The van der Waals surface area contributed by atoms with E-state index in [1.54, 1.807) is 42.2 Å². The van der Waals surface area contributed by atoms with Crippen molar-refractivity contribution in [2.24, 2.45) is 0 Å². The number of amides is 1. The van der Waals surface area contributed by atoms with Gasteiger partial charge in [-0.1, -0.05) is 22.9 Å². The van der Waals surface area contributed by atoms with Crippen molar-refractivity contribution < 1.29 is 14.1 Å². The molecule has 33 heavy (non-hydrogen) atoms. The lowest BCUT2D eigenvalue weighted by molar-refractivity contribution is -0.384. The molecule has 2 aromatic carbocycles. The highest BCUT2D eigenvalue weighted by Crippen LogP contribution is 2.31. The average Bonchev–Trinajstić information content (AvgIpc) is 3.42. The van der Waals surface area contributed by atoms with Gasteiger partial charge in [-0.05, 0) is 44.0 Å². The molecule has 1 aliphatic rings. The standard InChI is InChI=1S/C22H19ClN6O4/c1-13-20(25-26-28(13)16-3-2-4-17(12-16)29(31)32)22(30)27-9-7-14(8-10-27)21-24-18-11-15(23)5-6-19(18)33-21/h2-6,11-12,14H,7-10H2,1H3. The molecular formula is C22H19ClN6O4. The minimum atomic E-state index is -0.475. The molecule has 0 atom stereocenters. The van der Waals surface area contributed by atoms with E-state index in [1.807, 2.05) is 0 Å². The highest BCUT2D eigenvalue weighted by Gasteiger charge is 2.30. The summed E-state index contributed by atoms with van der Waals surface area (Å²) in [7, 11) is 0. The molecule has 10 nitrogen and oxygen atoms in total. The second kappa shape index (κ2) is 8.28. The molecule has 1 amide bonds. The van der Waals surface area contributed by atoms with E-state index in [1.165, 1.54) is 16.8 Å². The van der Waals surface area contributed by atoms with Crippen LogP contribution < -0.4 is 0 Å². The van der Waals surface area contributed by atoms with Crippen molar-refractivity contribution in [1.82, 2.24) is 24.9 Å². The van der Waals surface area contributed by atoms with Gasteiger partial charge < -0.3 is 9.32 Å². The number of nitrogens with zero attached hydrogens (tertiary/aromatic N) is 6. The Hall–Kier alpha value is -3.79. The maximum absolute atomic E-state index is 13.1. The molecule has 2 aromatic heterocycles. The topological polar surface area (TPSA) is 120 Å². The second-order valence-corrected chi connectivity index (χ2v) is 8.38. The van der Waals surface area contributed by atoms with Gasteiger partial charge in [0, 0.05) is 36.2 Å². The van der Waals surface area contributed by atoms with Crippen LogP contribution in [0, 0.1) is 17.0 Å². The predicted octanol–water partition coefficient (Wildman–Crippen LogP) is 4.30. The lowest BCUT2D eigenvalue weighted by Crippen LogP contribution is -2.38. The third kappa shape index (κ3) is 3.93. The zero-order chi connectivity index (χ0) is 23.1. The number of piperidine rings is 1. The molecule has 0 aliphatic carbocycles. The highest BCUT2D eigenvalue weighted by atomic mass is 35.5. The van der Waals surface area contributed by atoms with Crippen LogP contribution in [-0.4, -0.2) is 48.8 Å². The van der Waals surface area contributed by atoms with Crippen LogP contribution >= 0.6 is 11.6 Å². The van der Waals surface area contributed by atoms with Gasteiger partial charge in [0.25, 0.3) is 11.6 Å². The number of nitro groups is 1. The molecule has 4 aromatic rings. The van der Waals surface area contributed by atoms with Crippen molar-refractivity contribution in [1.29, 1.82) is 0 Å². The van der Waals surface area contributed by atoms with E-state index in [2.05, 4.69) is 15.3 Å². The number of aromatic nitrogens is 4. The van der Waals surface area contributed by atoms with E-state index < -0.39 is 4.92 Å². The summed E-state index contributed by atoms with van der Waals surface area (Å²) in [6.45, 7) is 2.79. The monoisotopic (exact) mass is 466 g/mol. The number of hydrogen-bond donors (Lipinski definition) is 0. The van der Waals surface area contributed by atoms with Crippen LogP contribution in [0.4, 0.5) is 5.69 Å². The third-order valence-electron chi connectivity index (χ3n) is 5.88. The summed E-state index contributed by atoms with van der Waals surface area (Å²) in [4.78, 5) is 30.0. The number of hydrogen-bond acceptors (Lipinski definition) is 7. The number of nitro benzene ring substituents is 1. The summed E-state index contributed by atoms with van der Waals surface area (Å²) < 4.78 is 7.33. The highest BCUT2D eigenvalue weighted by molar-refractivity contribution is 6.31. The first-order valence-corrected chi connectivity index (χ1v) is 10.8. The SMILES string of the molecule is Cc1c(C(=O)N2CCC(c3nc4cc(Cl)ccc4o3)CC2)nnn1-c1cccc([N+](=O)[O-])c1.